The number of hydrogen-bond acceptors (Lipinski definition) is 3. The second-order valence-electron chi connectivity index (χ2n) is 4.93. The van der Waals surface area contributed by atoms with E-state index in [1.807, 2.05) is 19.9 Å². The van der Waals surface area contributed by atoms with E-state index >= 15 is 0 Å². The van der Waals surface area contributed by atoms with Crippen molar-refractivity contribution in [1.29, 1.82) is 0 Å². The molecule has 20 heavy (non-hydrogen) atoms. The standard InChI is InChI=1S/C14H21NO4S/c1-11-8-12(2)10-13(9-11)20(18,19)15-7-5-3-4-6-14(16)17/h8-10,15H,3-7H2,1-2H3,(H,16,17). The van der Waals surface area contributed by atoms with Gasteiger partial charge < -0.3 is 5.11 Å². The second-order valence-corrected chi connectivity index (χ2v) is 6.69. The SMILES string of the molecule is Cc1cc(C)cc(S(=O)(=O)NCCCCCC(=O)O)c1. The highest BCUT2D eigenvalue weighted by Gasteiger charge is 2.13. The van der Waals surface area contributed by atoms with E-state index in [9.17, 15) is 13.2 Å². The number of hydrogen-bond donors (Lipinski definition) is 2. The van der Waals surface area contributed by atoms with E-state index in [1.54, 1.807) is 12.1 Å². The van der Waals surface area contributed by atoms with Crippen LogP contribution < -0.4 is 4.72 Å². The van der Waals surface area contributed by atoms with Gasteiger partial charge in [0.15, 0.2) is 0 Å². The summed E-state index contributed by atoms with van der Waals surface area (Å²) in [6.07, 6.45) is 2.03. The number of unbranched alkanes of at least 4 members (excludes halogenated alkanes) is 2. The Morgan fingerprint density at radius 2 is 1.70 bits per heavy atom. The highest BCUT2D eigenvalue weighted by atomic mass is 32.2. The molecule has 0 bridgehead atoms. The Kier molecular flexibility index (Phi) is 6.16. The molecule has 2 N–H and O–H groups in total. The first-order valence-corrected chi connectivity index (χ1v) is 8.09. The number of sulfonamides is 1. The van der Waals surface area contributed by atoms with Crippen LogP contribution in [0.5, 0.6) is 0 Å². The summed E-state index contributed by atoms with van der Waals surface area (Å²) >= 11 is 0. The van der Waals surface area contributed by atoms with Crippen LogP contribution >= 0.6 is 0 Å². The van der Waals surface area contributed by atoms with E-state index in [0.29, 0.717) is 25.8 Å². The summed E-state index contributed by atoms with van der Waals surface area (Å²) in [6.45, 7) is 4.05. The van der Waals surface area contributed by atoms with Gasteiger partial charge in [0.05, 0.1) is 4.90 Å². The zero-order valence-electron chi connectivity index (χ0n) is 11.8. The molecule has 0 radical (unpaired) electrons. The van der Waals surface area contributed by atoms with Gasteiger partial charge in [-0.3, -0.25) is 4.79 Å². The third-order valence-electron chi connectivity index (χ3n) is 2.87. The lowest BCUT2D eigenvalue weighted by atomic mass is 10.2. The van der Waals surface area contributed by atoms with Crippen molar-refractivity contribution in [3.05, 3.63) is 29.3 Å². The molecule has 0 saturated heterocycles. The van der Waals surface area contributed by atoms with Crippen LogP contribution in [0.3, 0.4) is 0 Å². The Bertz CT molecular complexity index is 546. The molecule has 0 aromatic heterocycles. The molecule has 6 heteroatoms. The fraction of sp³-hybridized carbons (Fsp3) is 0.500. The van der Waals surface area contributed by atoms with Gasteiger partial charge in [-0.05, 0) is 49.9 Å². The van der Waals surface area contributed by atoms with Crippen molar-refractivity contribution in [2.24, 2.45) is 0 Å². The molecule has 0 spiro atoms. The highest BCUT2D eigenvalue weighted by Crippen LogP contribution is 2.14. The number of carboxylic acids is 1. The Morgan fingerprint density at radius 1 is 1.10 bits per heavy atom. The molecule has 0 saturated carbocycles. The lowest BCUT2D eigenvalue weighted by molar-refractivity contribution is -0.137. The molecule has 1 aromatic rings. The lowest BCUT2D eigenvalue weighted by Crippen LogP contribution is -2.25. The molecule has 112 valence electrons. The molecule has 0 atom stereocenters. The van der Waals surface area contributed by atoms with E-state index in [4.69, 9.17) is 5.11 Å². The Labute approximate surface area is 120 Å². The number of carbonyl (C=O) groups is 1. The summed E-state index contributed by atoms with van der Waals surface area (Å²) < 4.78 is 26.7. The van der Waals surface area contributed by atoms with Crippen molar-refractivity contribution in [3.63, 3.8) is 0 Å². The molecule has 0 amide bonds. The van der Waals surface area contributed by atoms with Crippen molar-refractivity contribution in [2.75, 3.05) is 6.54 Å². The molecule has 0 heterocycles. The van der Waals surface area contributed by atoms with Gasteiger partial charge in [-0.25, -0.2) is 13.1 Å². The maximum absolute atomic E-state index is 12.1. The summed E-state index contributed by atoms with van der Waals surface area (Å²) in [7, 11) is -3.48. The minimum Gasteiger partial charge on any atom is -0.481 e. The van der Waals surface area contributed by atoms with Crippen LogP contribution in [0.25, 0.3) is 0 Å². The molecule has 5 nitrogen and oxygen atoms in total. The maximum atomic E-state index is 12.1. The van der Waals surface area contributed by atoms with E-state index in [-0.39, 0.29) is 11.3 Å². The van der Waals surface area contributed by atoms with Gasteiger partial charge in [0, 0.05) is 13.0 Å². The summed E-state index contributed by atoms with van der Waals surface area (Å²) in [5.74, 6) is -0.819. The Morgan fingerprint density at radius 3 is 2.25 bits per heavy atom. The highest BCUT2D eigenvalue weighted by molar-refractivity contribution is 7.89. The van der Waals surface area contributed by atoms with Crippen molar-refractivity contribution in [3.8, 4) is 0 Å². The van der Waals surface area contributed by atoms with Crippen LogP contribution in [0, 0.1) is 13.8 Å². The molecule has 1 rings (SSSR count). The summed E-state index contributed by atoms with van der Waals surface area (Å²) in [4.78, 5) is 10.6. The number of benzene rings is 1. The first-order chi connectivity index (χ1) is 9.31. The number of aliphatic carboxylic acids is 1. The summed E-state index contributed by atoms with van der Waals surface area (Å²) in [5.41, 5.74) is 1.82. The number of aryl methyl sites for hydroxylation is 2. The summed E-state index contributed by atoms with van der Waals surface area (Å²) in [6, 6.07) is 5.20. The number of carboxylic acid groups (broad SMARTS) is 1. The third-order valence-corrected chi connectivity index (χ3v) is 4.31. The van der Waals surface area contributed by atoms with Gasteiger partial charge in [0.1, 0.15) is 0 Å². The van der Waals surface area contributed by atoms with Crippen molar-refractivity contribution < 1.29 is 18.3 Å². The van der Waals surface area contributed by atoms with Crippen LogP contribution in [-0.4, -0.2) is 26.0 Å². The zero-order chi connectivity index (χ0) is 15.2. The number of nitrogens with one attached hydrogen (secondary N) is 1. The first-order valence-electron chi connectivity index (χ1n) is 6.61. The fourth-order valence-corrected chi connectivity index (χ4v) is 3.22. The summed E-state index contributed by atoms with van der Waals surface area (Å²) in [5, 5.41) is 8.49. The Hall–Kier alpha value is -1.40. The minimum atomic E-state index is -3.48. The largest absolute Gasteiger partial charge is 0.481 e. The van der Waals surface area contributed by atoms with E-state index in [2.05, 4.69) is 4.72 Å². The zero-order valence-corrected chi connectivity index (χ0v) is 12.7. The molecule has 0 aliphatic heterocycles. The Balaban J connectivity index is 2.47. The van der Waals surface area contributed by atoms with Gasteiger partial charge in [0.2, 0.25) is 10.0 Å². The van der Waals surface area contributed by atoms with Crippen LogP contribution in [-0.2, 0) is 14.8 Å². The average molecular weight is 299 g/mol. The third kappa shape index (κ3) is 5.71. The van der Waals surface area contributed by atoms with Crippen LogP contribution in [0.4, 0.5) is 0 Å². The fourth-order valence-electron chi connectivity index (χ4n) is 1.96. The van der Waals surface area contributed by atoms with Gasteiger partial charge in [-0.1, -0.05) is 12.5 Å². The van der Waals surface area contributed by atoms with Crippen molar-refractivity contribution in [2.45, 2.75) is 44.4 Å². The molecule has 0 unspecified atom stereocenters. The van der Waals surface area contributed by atoms with Crippen LogP contribution in [0.2, 0.25) is 0 Å². The molecule has 0 fully saturated rings. The number of rotatable bonds is 8. The normalized spacial score (nSPS) is 11.5. The second kappa shape index (κ2) is 7.40. The van der Waals surface area contributed by atoms with E-state index in [0.717, 1.165) is 11.1 Å². The van der Waals surface area contributed by atoms with Crippen molar-refractivity contribution >= 4 is 16.0 Å². The van der Waals surface area contributed by atoms with Crippen LogP contribution in [0.15, 0.2) is 23.1 Å². The van der Waals surface area contributed by atoms with Crippen molar-refractivity contribution in [1.82, 2.24) is 4.72 Å². The smallest absolute Gasteiger partial charge is 0.303 e. The van der Waals surface area contributed by atoms with Crippen LogP contribution in [0.1, 0.15) is 36.8 Å². The van der Waals surface area contributed by atoms with Gasteiger partial charge in [-0.15, -0.1) is 0 Å². The monoisotopic (exact) mass is 299 g/mol. The average Bonchev–Trinajstić information content (AvgIpc) is 2.32. The molecule has 0 aliphatic carbocycles. The van der Waals surface area contributed by atoms with Gasteiger partial charge in [0.25, 0.3) is 0 Å². The molecular weight excluding hydrogens is 278 g/mol. The predicted molar refractivity (Wildman–Crippen MR) is 77.2 cm³/mol. The molecule has 0 aliphatic rings. The van der Waals surface area contributed by atoms with Gasteiger partial charge >= 0.3 is 5.97 Å². The topological polar surface area (TPSA) is 83.5 Å². The predicted octanol–water partition coefficient (Wildman–Crippen LogP) is 2.23. The minimum absolute atomic E-state index is 0.129. The molecule has 1 aromatic carbocycles. The van der Waals surface area contributed by atoms with Gasteiger partial charge in [-0.2, -0.15) is 0 Å². The molecular formula is C14H21NO4S. The van der Waals surface area contributed by atoms with E-state index in [1.165, 1.54) is 0 Å². The van der Waals surface area contributed by atoms with E-state index < -0.39 is 16.0 Å². The first kappa shape index (κ1) is 16.7. The lowest BCUT2D eigenvalue weighted by Gasteiger charge is -2.08. The maximum Gasteiger partial charge on any atom is 0.303 e. The quantitative estimate of drug-likeness (QED) is 0.721.